The van der Waals surface area contributed by atoms with Gasteiger partial charge in [0.25, 0.3) is 0 Å². The van der Waals surface area contributed by atoms with Gasteiger partial charge in [-0.05, 0) is 49.2 Å². The second-order valence-electron chi connectivity index (χ2n) is 8.72. The van der Waals surface area contributed by atoms with Gasteiger partial charge in [-0.3, -0.25) is 0 Å². The summed E-state index contributed by atoms with van der Waals surface area (Å²) in [5.41, 5.74) is 0. The van der Waals surface area contributed by atoms with Crippen LogP contribution in [0.15, 0.2) is 91.0 Å². The van der Waals surface area contributed by atoms with E-state index in [1.807, 2.05) is 0 Å². The molecule has 0 unspecified atom stereocenters. The predicted octanol–water partition coefficient (Wildman–Crippen LogP) is 4.91. The SMILES string of the molecule is CCCCCCCCCCCC[P+](c1ccccc1)(c1ccccc1)c1ccccc1.[Cl-]. The van der Waals surface area contributed by atoms with E-state index in [1.165, 1.54) is 86.3 Å². The molecule has 3 rings (SSSR count). The van der Waals surface area contributed by atoms with Crippen LogP contribution in [-0.4, -0.2) is 6.16 Å². The third-order valence-electron chi connectivity index (χ3n) is 6.44. The monoisotopic (exact) mass is 466 g/mol. The summed E-state index contributed by atoms with van der Waals surface area (Å²) in [7, 11) is -1.63. The van der Waals surface area contributed by atoms with E-state index in [2.05, 4.69) is 97.9 Å². The Hall–Kier alpha value is -1.62. The van der Waals surface area contributed by atoms with Crippen LogP contribution in [0.3, 0.4) is 0 Å². The van der Waals surface area contributed by atoms with Crippen molar-refractivity contribution in [2.45, 2.75) is 71.1 Å². The van der Waals surface area contributed by atoms with E-state index in [1.54, 1.807) is 0 Å². The molecule has 3 aromatic carbocycles. The molecule has 0 bridgehead atoms. The van der Waals surface area contributed by atoms with Crippen LogP contribution >= 0.6 is 7.26 Å². The van der Waals surface area contributed by atoms with E-state index in [-0.39, 0.29) is 12.4 Å². The normalized spacial score (nSPS) is 11.2. The van der Waals surface area contributed by atoms with Gasteiger partial charge >= 0.3 is 0 Å². The van der Waals surface area contributed by atoms with Crippen LogP contribution in [0.5, 0.6) is 0 Å². The molecule has 0 aliphatic rings. The van der Waals surface area contributed by atoms with Crippen molar-refractivity contribution in [1.82, 2.24) is 0 Å². The first-order chi connectivity index (χ1) is 15.4. The zero-order valence-electron chi connectivity index (χ0n) is 19.8. The molecule has 0 nitrogen and oxygen atoms in total. The summed E-state index contributed by atoms with van der Waals surface area (Å²) in [6.45, 7) is 2.29. The first-order valence-electron chi connectivity index (χ1n) is 12.4. The largest absolute Gasteiger partial charge is 1.00 e. The van der Waals surface area contributed by atoms with E-state index in [9.17, 15) is 0 Å². The summed E-state index contributed by atoms with van der Waals surface area (Å²) in [6, 6.07) is 33.9. The van der Waals surface area contributed by atoms with Crippen LogP contribution < -0.4 is 28.3 Å². The van der Waals surface area contributed by atoms with Crippen LogP contribution in [0.2, 0.25) is 0 Å². The lowest BCUT2D eigenvalue weighted by atomic mass is 10.1. The molecule has 0 heterocycles. The van der Waals surface area contributed by atoms with Crippen molar-refractivity contribution in [3.8, 4) is 0 Å². The van der Waals surface area contributed by atoms with Gasteiger partial charge in [0, 0.05) is 0 Å². The standard InChI is InChI=1S/C30H40P.ClH/c1-2-3-4-5-6-7-8-9-10-20-27-31(28-21-14-11-15-22-28,29-23-16-12-17-24-29)30-25-18-13-19-26-30;/h11-19,21-26H,2-10,20,27H2,1H3;1H/q+1;/p-1. The smallest absolute Gasteiger partial charge is 0.112 e. The van der Waals surface area contributed by atoms with Crippen molar-refractivity contribution < 1.29 is 12.4 Å². The molecule has 0 amide bonds. The van der Waals surface area contributed by atoms with Gasteiger partial charge in [0.15, 0.2) is 0 Å². The summed E-state index contributed by atoms with van der Waals surface area (Å²) < 4.78 is 0. The Morgan fingerprint density at radius 3 is 1.09 bits per heavy atom. The fraction of sp³-hybridized carbons (Fsp3) is 0.400. The molecule has 0 aliphatic heterocycles. The van der Waals surface area contributed by atoms with Crippen molar-refractivity contribution in [2.75, 3.05) is 6.16 Å². The van der Waals surface area contributed by atoms with Gasteiger partial charge in [-0.2, -0.15) is 0 Å². The van der Waals surface area contributed by atoms with E-state index >= 15 is 0 Å². The van der Waals surface area contributed by atoms with E-state index in [4.69, 9.17) is 0 Å². The minimum absolute atomic E-state index is 0. The highest BCUT2D eigenvalue weighted by atomic mass is 35.5. The van der Waals surface area contributed by atoms with Gasteiger partial charge in [-0.15, -0.1) is 0 Å². The third kappa shape index (κ3) is 7.47. The van der Waals surface area contributed by atoms with Crippen molar-refractivity contribution in [1.29, 1.82) is 0 Å². The molecular weight excluding hydrogens is 427 g/mol. The molecule has 3 aromatic rings. The number of benzene rings is 3. The average molecular weight is 467 g/mol. The van der Waals surface area contributed by atoms with E-state index < -0.39 is 7.26 Å². The Morgan fingerprint density at radius 1 is 0.438 bits per heavy atom. The van der Waals surface area contributed by atoms with Crippen LogP contribution in [0.4, 0.5) is 0 Å². The lowest BCUT2D eigenvalue weighted by molar-refractivity contribution is -0.00000631. The molecule has 32 heavy (non-hydrogen) atoms. The quantitative estimate of drug-likeness (QED) is 0.234. The number of unbranched alkanes of at least 4 members (excludes halogenated alkanes) is 9. The van der Waals surface area contributed by atoms with Gasteiger partial charge in [-0.1, -0.05) is 113 Å². The maximum atomic E-state index is 2.37. The Morgan fingerprint density at radius 2 is 0.750 bits per heavy atom. The number of halogens is 1. The van der Waals surface area contributed by atoms with Crippen molar-refractivity contribution in [3.05, 3.63) is 91.0 Å². The molecule has 0 N–H and O–H groups in total. The molecule has 0 fully saturated rings. The second kappa shape index (κ2) is 15.3. The first kappa shape index (κ1) is 26.6. The zero-order valence-corrected chi connectivity index (χ0v) is 21.4. The molecular formula is C30H40ClP. The maximum absolute atomic E-state index is 2.37. The molecule has 0 spiro atoms. The molecule has 2 heteroatoms. The molecule has 172 valence electrons. The summed E-state index contributed by atoms with van der Waals surface area (Å²) in [4.78, 5) is 0. The van der Waals surface area contributed by atoms with Gasteiger partial charge in [0.1, 0.15) is 23.2 Å². The number of rotatable bonds is 14. The fourth-order valence-electron chi connectivity index (χ4n) is 4.72. The minimum Gasteiger partial charge on any atom is -1.00 e. The topological polar surface area (TPSA) is 0 Å². The van der Waals surface area contributed by atoms with Crippen LogP contribution in [0.25, 0.3) is 0 Å². The summed E-state index contributed by atoms with van der Waals surface area (Å²) in [5, 5.41) is 4.55. The van der Waals surface area contributed by atoms with Gasteiger partial charge in [0.05, 0.1) is 6.16 Å². The van der Waals surface area contributed by atoms with E-state index in [0.29, 0.717) is 0 Å². The third-order valence-corrected chi connectivity index (χ3v) is 11.0. The minimum atomic E-state index is -1.63. The second-order valence-corrected chi connectivity index (χ2v) is 12.3. The Kier molecular flexibility index (Phi) is 12.7. The Labute approximate surface area is 203 Å². The van der Waals surface area contributed by atoms with E-state index in [0.717, 1.165) is 0 Å². The molecule has 0 aliphatic carbocycles. The maximum Gasteiger partial charge on any atom is 0.112 e. The summed E-state index contributed by atoms with van der Waals surface area (Å²) in [5.74, 6) is 0. The van der Waals surface area contributed by atoms with Gasteiger partial charge in [0.2, 0.25) is 0 Å². The molecule has 0 atom stereocenters. The molecule has 0 radical (unpaired) electrons. The summed E-state index contributed by atoms with van der Waals surface area (Å²) >= 11 is 0. The lowest BCUT2D eigenvalue weighted by Gasteiger charge is -2.27. The van der Waals surface area contributed by atoms with Crippen LogP contribution in [0, 0.1) is 0 Å². The van der Waals surface area contributed by atoms with Gasteiger partial charge in [-0.25, -0.2) is 0 Å². The molecule has 0 aromatic heterocycles. The number of hydrogen-bond donors (Lipinski definition) is 0. The van der Waals surface area contributed by atoms with Crippen molar-refractivity contribution in [3.63, 3.8) is 0 Å². The number of hydrogen-bond acceptors (Lipinski definition) is 0. The Balaban J connectivity index is 0.00000363. The van der Waals surface area contributed by atoms with Crippen molar-refractivity contribution >= 4 is 23.2 Å². The van der Waals surface area contributed by atoms with Crippen LogP contribution in [-0.2, 0) is 0 Å². The highest BCUT2D eigenvalue weighted by molar-refractivity contribution is 7.95. The van der Waals surface area contributed by atoms with Crippen molar-refractivity contribution in [2.24, 2.45) is 0 Å². The lowest BCUT2D eigenvalue weighted by Crippen LogP contribution is -3.00. The van der Waals surface area contributed by atoms with Gasteiger partial charge < -0.3 is 12.4 Å². The highest BCUT2D eigenvalue weighted by Gasteiger charge is 2.44. The predicted molar refractivity (Wildman–Crippen MR) is 142 cm³/mol. The zero-order chi connectivity index (χ0) is 21.6. The molecule has 0 saturated carbocycles. The fourth-order valence-corrected chi connectivity index (χ4v) is 9.13. The molecule has 0 saturated heterocycles. The van der Waals surface area contributed by atoms with Crippen LogP contribution in [0.1, 0.15) is 71.1 Å². The average Bonchev–Trinajstić information content (AvgIpc) is 2.84. The Bertz CT molecular complexity index is 736. The highest BCUT2D eigenvalue weighted by Crippen LogP contribution is 2.55. The first-order valence-corrected chi connectivity index (χ1v) is 14.4. The summed E-state index contributed by atoms with van der Waals surface area (Å²) in [6.07, 6.45) is 15.2.